The Hall–Kier alpha value is -3.59. The second kappa shape index (κ2) is 7.34. The van der Waals surface area contributed by atoms with Crippen LogP contribution in [0.4, 0.5) is 0 Å². The number of benzene rings is 4. The first-order chi connectivity index (χ1) is 14.3. The molecule has 0 fully saturated rings. The number of aryl methyl sites for hydroxylation is 4. The largest absolute Gasteiger partial charge is 0.507 e. The van der Waals surface area contributed by atoms with Crippen molar-refractivity contribution in [3.63, 3.8) is 0 Å². The van der Waals surface area contributed by atoms with Crippen LogP contribution in [0.2, 0.25) is 0 Å². The maximum absolute atomic E-state index is 11.3. The molecule has 150 valence electrons. The van der Waals surface area contributed by atoms with E-state index in [2.05, 4.69) is 32.9 Å². The highest BCUT2D eigenvalue weighted by atomic mass is 16.4. The van der Waals surface area contributed by atoms with E-state index >= 15 is 0 Å². The zero-order valence-electron chi connectivity index (χ0n) is 17.6. The third kappa shape index (κ3) is 3.33. The van der Waals surface area contributed by atoms with Crippen molar-refractivity contribution in [3.05, 3.63) is 88.5 Å². The molecule has 4 aromatic carbocycles. The van der Waals surface area contributed by atoms with Crippen LogP contribution in [0.3, 0.4) is 0 Å². The van der Waals surface area contributed by atoms with Crippen molar-refractivity contribution in [1.82, 2.24) is 0 Å². The van der Waals surface area contributed by atoms with Gasteiger partial charge in [-0.25, -0.2) is 4.79 Å². The molecule has 0 aromatic heterocycles. The summed E-state index contributed by atoms with van der Waals surface area (Å²) in [4.78, 5) is 11.3. The lowest BCUT2D eigenvalue weighted by Gasteiger charge is -2.16. The maximum atomic E-state index is 11.3. The Kier molecular flexibility index (Phi) is 4.83. The van der Waals surface area contributed by atoms with Gasteiger partial charge >= 0.3 is 5.97 Å². The minimum absolute atomic E-state index is 0.262. The Morgan fingerprint density at radius 2 is 1.47 bits per heavy atom. The number of carbonyl (C=O) groups is 1. The van der Waals surface area contributed by atoms with Gasteiger partial charge in [-0.15, -0.1) is 0 Å². The molecule has 0 amide bonds. The summed E-state index contributed by atoms with van der Waals surface area (Å²) in [5.41, 5.74) is 8.81. The number of aromatic hydroxyl groups is 1. The highest BCUT2D eigenvalue weighted by molar-refractivity contribution is 5.98. The third-order valence-electron chi connectivity index (χ3n) is 5.79. The maximum Gasteiger partial charge on any atom is 0.335 e. The van der Waals surface area contributed by atoms with E-state index < -0.39 is 5.97 Å². The van der Waals surface area contributed by atoms with Gasteiger partial charge in [-0.1, -0.05) is 42.0 Å². The van der Waals surface area contributed by atoms with Crippen LogP contribution >= 0.6 is 0 Å². The second-order valence-corrected chi connectivity index (χ2v) is 7.98. The Balaban J connectivity index is 1.89. The number of carboxylic acid groups (broad SMARTS) is 1. The molecule has 0 aliphatic rings. The molecule has 0 atom stereocenters. The molecular weight excluding hydrogens is 372 g/mol. The molecule has 0 saturated carbocycles. The first-order valence-electron chi connectivity index (χ1n) is 9.94. The van der Waals surface area contributed by atoms with Crippen molar-refractivity contribution in [2.24, 2.45) is 0 Å². The lowest BCUT2D eigenvalue weighted by Crippen LogP contribution is -1.96. The van der Waals surface area contributed by atoms with Gasteiger partial charge in [0, 0.05) is 5.56 Å². The summed E-state index contributed by atoms with van der Waals surface area (Å²) in [5, 5.41) is 21.8. The monoisotopic (exact) mass is 396 g/mol. The summed E-state index contributed by atoms with van der Waals surface area (Å²) >= 11 is 0. The number of phenols is 1. The number of fused-ring (bicyclic) bond motifs is 1. The molecule has 0 aliphatic heterocycles. The SMILES string of the molecule is Cc1cc(C)c(-c2cc(-c3ccc4cc(C(=O)O)ccc4c3C)ccc2O)c(C)c1. The van der Waals surface area contributed by atoms with E-state index in [1.54, 1.807) is 18.2 Å². The molecule has 3 nitrogen and oxygen atoms in total. The molecule has 0 bridgehead atoms. The topological polar surface area (TPSA) is 57.5 Å². The van der Waals surface area contributed by atoms with Gasteiger partial charge in [0.1, 0.15) is 5.75 Å². The molecule has 0 aliphatic carbocycles. The first kappa shape index (κ1) is 19.7. The van der Waals surface area contributed by atoms with Crippen molar-refractivity contribution in [1.29, 1.82) is 0 Å². The van der Waals surface area contributed by atoms with Gasteiger partial charge in [0.05, 0.1) is 5.56 Å². The summed E-state index contributed by atoms with van der Waals surface area (Å²) < 4.78 is 0. The van der Waals surface area contributed by atoms with E-state index in [0.29, 0.717) is 0 Å². The minimum Gasteiger partial charge on any atom is -0.507 e. The Morgan fingerprint density at radius 1 is 0.767 bits per heavy atom. The Bertz CT molecular complexity index is 1290. The normalized spacial score (nSPS) is 11.1. The highest BCUT2D eigenvalue weighted by Crippen LogP contribution is 2.39. The third-order valence-corrected chi connectivity index (χ3v) is 5.79. The standard InChI is InChI=1S/C27H24O3/c1-15-11-16(2)26(17(3)12-15)24-14-20(7-10-25(24)28)23-8-5-19-13-21(27(29)30)6-9-22(19)18(23)4/h5-14,28H,1-4H3,(H,29,30). The van der Waals surface area contributed by atoms with Crippen LogP contribution in [0, 0.1) is 27.7 Å². The molecule has 4 aromatic rings. The number of aromatic carboxylic acids is 1. The van der Waals surface area contributed by atoms with Gasteiger partial charge < -0.3 is 10.2 Å². The summed E-state index contributed by atoms with van der Waals surface area (Å²) in [6, 6.07) is 19.2. The van der Waals surface area contributed by atoms with Crippen LogP contribution in [0.1, 0.15) is 32.6 Å². The molecule has 0 spiro atoms. The predicted octanol–water partition coefficient (Wildman–Crippen LogP) is 6.81. The summed E-state index contributed by atoms with van der Waals surface area (Å²) in [6.07, 6.45) is 0. The fraction of sp³-hybridized carbons (Fsp3) is 0.148. The Morgan fingerprint density at radius 3 is 2.13 bits per heavy atom. The molecule has 4 rings (SSSR count). The van der Waals surface area contributed by atoms with E-state index in [1.165, 1.54) is 5.56 Å². The van der Waals surface area contributed by atoms with E-state index in [4.69, 9.17) is 0 Å². The van der Waals surface area contributed by atoms with Gasteiger partial charge in [0.25, 0.3) is 0 Å². The smallest absolute Gasteiger partial charge is 0.335 e. The van der Waals surface area contributed by atoms with Crippen molar-refractivity contribution in [3.8, 4) is 28.0 Å². The number of hydrogen-bond acceptors (Lipinski definition) is 2. The molecule has 3 heteroatoms. The quantitative estimate of drug-likeness (QED) is 0.400. The average molecular weight is 396 g/mol. The molecule has 0 saturated heterocycles. The van der Waals surface area contributed by atoms with Crippen molar-refractivity contribution >= 4 is 16.7 Å². The molecule has 2 N–H and O–H groups in total. The first-order valence-corrected chi connectivity index (χ1v) is 9.94. The molecule has 0 radical (unpaired) electrons. The van der Waals surface area contributed by atoms with Gasteiger partial charge in [0.2, 0.25) is 0 Å². The Labute approximate surface area is 176 Å². The second-order valence-electron chi connectivity index (χ2n) is 7.98. The summed E-state index contributed by atoms with van der Waals surface area (Å²) in [5.74, 6) is -0.663. The van der Waals surface area contributed by atoms with Crippen LogP contribution in [-0.2, 0) is 0 Å². The number of carboxylic acids is 1. The summed E-state index contributed by atoms with van der Waals surface area (Å²) in [6.45, 7) is 8.27. The van der Waals surface area contributed by atoms with Gasteiger partial charge in [-0.2, -0.15) is 0 Å². The lowest BCUT2D eigenvalue weighted by atomic mass is 9.89. The van der Waals surface area contributed by atoms with Crippen molar-refractivity contribution in [2.45, 2.75) is 27.7 Å². The zero-order valence-corrected chi connectivity index (χ0v) is 17.6. The highest BCUT2D eigenvalue weighted by Gasteiger charge is 2.14. The van der Waals surface area contributed by atoms with E-state index in [9.17, 15) is 15.0 Å². The van der Waals surface area contributed by atoms with Gasteiger partial charge in [-0.05, 0) is 96.1 Å². The number of phenolic OH excluding ortho intramolecular Hbond substituents is 1. The summed E-state index contributed by atoms with van der Waals surface area (Å²) in [7, 11) is 0. The number of hydrogen-bond donors (Lipinski definition) is 2. The van der Waals surface area contributed by atoms with Crippen LogP contribution in [0.5, 0.6) is 5.75 Å². The van der Waals surface area contributed by atoms with Crippen LogP contribution in [-0.4, -0.2) is 16.2 Å². The molecule has 0 unspecified atom stereocenters. The van der Waals surface area contributed by atoms with Crippen molar-refractivity contribution < 1.29 is 15.0 Å². The van der Waals surface area contributed by atoms with Crippen LogP contribution < -0.4 is 0 Å². The van der Waals surface area contributed by atoms with Crippen molar-refractivity contribution in [2.75, 3.05) is 0 Å². The van der Waals surface area contributed by atoms with Crippen LogP contribution in [0.15, 0.2) is 60.7 Å². The fourth-order valence-corrected chi connectivity index (χ4v) is 4.44. The van der Waals surface area contributed by atoms with E-state index in [1.807, 2.05) is 37.3 Å². The van der Waals surface area contributed by atoms with Gasteiger partial charge in [0.15, 0.2) is 0 Å². The minimum atomic E-state index is -0.925. The molecule has 30 heavy (non-hydrogen) atoms. The van der Waals surface area contributed by atoms with E-state index in [-0.39, 0.29) is 11.3 Å². The lowest BCUT2D eigenvalue weighted by molar-refractivity contribution is 0.0697. The molecule has 0 heterocycles. The van der Waals surface area contributed by atoms with Gasteiger partial charge in [-0.3, -0.25) is 0 Å². The average Bonchev–Trinajstić information content (AvgIpc) is 2.69. The van der Waals surface area contributed by atoms with E-state index in [0.717, 1.165) is 49.7 Å². The molecular formula is C27H24O3. The fourth-order valence-electron chi connectivity index (χ4n) is 4.44. The van der Waals surface area contributed by atoms with Crippen LogP contribution in [0.25, 0.3) is 33.0 Å². The number of rotatable bonds is 3. The zero-order chi connectivity index (χ0) is 21.6. The predicted molar refractivity (Wildman–Crippen MR) is 122 cm³/mol.